The van der Waals surface area contributed by atoms with Crippen LogP contribution in [0.3, 0.4) is 0 Å². The molecule has 1 saturated heterocycles. The van der Waals surface area contributed by atoms with E-state index in [0.717, 1.165) is 18.2 Å². The number of anilines is 1. The first kappa shape index (κ1) is 17.5. The van der Waals surface area contributed by atoms with Crippen LogP contribution in [-0.4, -0.2) is 35.9 Å². The monoisotopic (exact) mass is 373 g/mol. The number of hydrogen-bond acceptors (Lipinski definition) is 4. The molecule has 10 heteroatoms. The summed E-state index contributed by atoms with van der Waals surface area (Å²) in [4.78, 5) is 13.3. The largest absolute Gasteiger partial charge is 0.416 e. The third-order valence-corrected chi connectivity index (χ3v) is 6.12. The molecule has 2 heterocycles. The van der Waals surface area contributed by atoms with Gasteiger partial charge in [0.05, 0.1) is 22.3 Å². The van der Waals surface area contributed by atoms with Crippen molar-refractivity contribution in [3.05, 3.63) is 42.2 Å². The molecule has 0 bridgehead atoms. The van der Waals surface area contributed by atoms with Crippen LogP contribution in [0.4, 0.5) is 18.9 Å². The zero-order chi connectivity index (χ0) is 18.4. The number of aromatic nitrogens is 2. The summed E-state index contributed by atoms with van der Waals surface area (Å²) >= 11 is 0. The Hall–Kier alpha value is -2.36. The molecule has 0 N–H and O–H groups in total. The van der Waals surface area contributed by atoms with E-state index in [1.807, 2.05) is 0 Å². The third-order valence-electron chi connectivity index (χ3n) is 4.02. The molecule has 1 aliphatic rings. The molecular formula is C15H14F3N3O3S. The van der Waals surface area contributed by atoms with E-state index < -0.39 is 37.6 Å². The van der Waals surface area contributed by atoms with Crippen molar-refractivity contribution in [3.8, 4) is 0 Å². The first-order valence-electron chi connectivity index (χ1n) is 7.32. The van der Waals surface area contributed by atoms with Gasteiger partial charge in [-0.25, -0.2) is 8.42 Å². The third kappa shape index (κ3) is 3.13. The van der Waals surface area contributed by atoms with Crippen LogP contribution in [0.1, 0.15) is 12.0 Å². The Balaban J connectivity index is 1.92. The summed E-state index contributed by atoms with van der Waals surface area (Å²) in [5.41, 5.74) is -0.614. The van der Waals surface area contributed by atoms with Crippen LogP contribution in [-0.2, 0) is 27.9 Å². The second kappa shape index (κ2) is 5.87. The summed E-state index contributed by atoms with van der Waals surface area (Å²) < 4.78 is 65.3. The van der Waals surface area contributed by atoms with Crippen LogP contribution >= 0.6 is 0 Å². The van der Waals surface area contributed by atoms with Gasteiger partial charge >= 0.3 is 6.18 Å². The minimum absolute atomic E-state index is 0.00626. The number of halogens is 3. The summed E-state index contributed by atoms with van der Waals surface area (Å²) in [6.45, 7) is 0.160. The number of alkyl halides is 3. The average Bonchev–Trinajstić information content (AvgIpc) is 3.12. The summed E-state index contributed by atoms with van der Waals surface area (Å²) in [5, 5.41) is 2.52. The Bertz CT molecular complexity index is 921. The minimum atomic E-state index is -4.66. The zero-order valence-electron chi connectivity index (χ0n) is 13.1. The second-order valence-corrected chi connectivity index (χ2v) is 7.84. The normalized spacial score (nSPS) is 18.8. The molecule has 0 aliphatic carbocycles. The Kier molecular flexibility index (Phi) is 4.10. The van der Waals surface area contributed by atoms with Crippen molar-refractivity contribution in [1.82, 2.24) is 9.78 Å². The molecule has 0 spiro atoms. The lowest BCUT2D eigenvalue weighted by atomic mass is 10.2. The van der Waals surface area contributed by atoms with Gasteiger partial charge in [-0.15, -0.1) is 0 Å². The fraction of sp³-hybridized carbons (Fsp3) is 0.333. The first-order chi connectivity index (χ1) is 11.6. The van der Waals surface area contributed by atoms with Gasteiger partial charge in [-0.2, -0.15) is 18.3 Å². The number of hydrogen-bond donors (Lipinski definition) is 0. The molecular weight excluding hydrogens is 359 g/mol. The molecule has 2 aromatic rings. The van der Waals surface area contributed by atoms with Gasteiger partial charge in [-0.05, 0) is 24.6 Å². The number of nitrogens with zero attached hydrogens (tertiary/aromatic N) is 3. The molecule has 1 aromatic carbocycles. The number of amides is 1. The summed E-state index contributed by atoms with van der Waals surface area (Å²) in [6, 6.07) is 3.45. The molecule has 1 unspecified atom stereocenters. The molecule has 1 aliphatic heterocycles. The maximum absolute atomic E-state index is 12.8. The topological polar surface area (TPSA) is 72.3 Å². The van der Waals surface area contributed by atoms with Gasteiger partial charge in [0.25, 0.3) is 0 Å². The Morgan fingerprint density at radius 2 is 2.00 bits per heavy atom. The van der Waals surface area contributed by atoms with Crippen molar-refractivity contribution in [3.63, 3.8) is 0 Å². The van der Waals surface area contributed by atoms with E-state index in [1.54, 1.807) is 13.2 Å². The predicted octanol–water partition coefficient (Wildman–Crippen LogP) is 2.02. The van der Waals surface area contributed by atoms with Gasteiger partial charge in [0.15, 0.2) is 9.84 Å². The van der Waals surface area contributed by atoms with E-state index >= 15 is 0 Å². The minimum Gasteiger partial charge on any atom is -0.308 e. The van der Waals surface area contributed by atoms with Crippen LogP contribution in [0.15, 0.2) is 41.6 Å². The highest BCUT2D eigenvalue weighted by Crippen LogP contribution is 2.33. The predicted molar refractivity (Wildman–Crippen MR) is 82.6 cm³/mol. The number of benzene rings is 1. The summed E-state index contributed by atoms with van der Waals surface area (Å²) in [5.74, 6) is -0.662. The highest BCUT2D eigenvalue weighted by atomic mass is 32.2. The van der Waals surface area contributed by atoms with E-state index in [0.29, 0.717) is 11.8 Å². The average molecular weight is 373 g/mol. The fourth-order valence-electron chi connectivity index (χ4n) is 2.76. The lowest BCUT2D eigenvalue weighted by molar-refractivity contribution is -0.137. The zero-order valence-corrected chi connectivity index (χ0v) is 13.9. The van der Waals surface area contributed by atoms with Crippen molar-refractivity contribution in [1.29, 1.82) is 0 Å². The van der Waals surface area contributed by atoms with E-state index in [1.165, 1.54) is 15.8 Å². The molecule has 1 atom stereocenters. The van der Waals surface area contributed by atoms with Crippen LogP contribution in [0.2, 0.25) is 0 Å². The maximum atomic E-state index is 12.8. The van der Waals surface area contributed by atoms with E-state index in [2.05, 4.69) is 5.10 Å². The Labute approximate surface area is 141 Å². The van der Waals surface area contributed by atoms with Crippen molar-refractivity contribution >= 4 is 21.4 Å². The van der Waals surface area contributed by atoms with E-state index in [-0.39, 0.29) is 13.0 Å². The van der Waals surface area contributed by atoms with Gasteiger partial charge in [-0.1, -0.05) is 6.07 Å². The van der Waals surface area contributed by atoms with Gasteiger partial charge in [0.2, 0.25) is 5.91 Å². The maximum Gasteiger partial charge on any atom is 0.416 e. The smallest absolute Gasteiger partial charge is 0.308 e. The highest BCUT2D eigenvalue weighted by molar-refractivity contribution is 7.92. The number of rotatable bonds is 3. The van der Waals surface area contributed by atoms with Crippen LogP contribution in [0, 0.1) is 0 Å². The molecule has 134 valence electrons. The molecule has 1 aromatic heterocycles. The number of aryl methyl sites for hydroxylation is 1. The summed E-state index contributed by atoms with van der Waals surface area (Å²) in [7, 11) is -2.57. The molecule has 3 rings (SSSR count). The van der Waals surface area contributed by atoms with Gasteiger partial charge in [0, 0.05) is 19.8 Å². The number of carbonyl (C=O) groups is 1. The quantitative estimate of drug-likeness (QED) is 0.825. The Morgan fingerprint density at radius 1 is 1.28 bits per heavy atom. The summed E-state index contributed by atoms with van der Waals surface area (Å²) in [6.07, 6.45) is -1.66. The lowest BCUT2D eigenvalue weighted by Gasteiger charge is -2.15. The van der Waals surface area contributed by atoms with Crippen molar-refractivity contribution in [2.45, 2.75) is 22.7 Å². The van der Waals surface area contributed by atoms with Crippen molar-refractivity contribution in [2.75, 3.05) is 11.4 Å². The SMILES string of the molecule is Cn1cc(N2CCC(S(=O)(=O)c3cccc(C(F)(F)F)c3)C2=O)cn1. The first-order valence-corrected chi connectivity index (χ1v) is 8.86. The van der Waals surface area contributed by atoms with Gasteiger partial charge in [0.1, 0.15) is 5.25 Å². The fourth-order valence-corrected chi connectivity index (χ4v) is 4.46. The molecule has 0 radical (unpaired) electrons. The lowest BCUT2D eigenvalue weighted by Crippen LogP contribution is -2.33. The molecule has 1 amide bonds. The number of carbonyl (C=O) groups excluding carboxylic acids is 1. The molecule has 6 nitrogen and oxygen atoms in total. The highest BCUT2D eigenvalue weighted by Gasteiger charge is 2.43. The van der Waals surface area contributed by atoms with Crippen LogP contribution in [0.25, 0.3) is 0 Å². The van der Waals surface area contributed by atoms with Crippen LogP contribution < -0.4 is 4.90 Å². The second-order valence-electron chi connectivity index (χ2n) is 5.71. The van der Waals surface area contributed by atoms with E-state index in [4.69, 9.17) is 0 Å². The Morgan fingerprint density at radius 3 is 2.60 bits per heavy atom. The van der Waals surface area contributed by atoms with E-state index in [9.17, 15) is 26.4 Å². The van der Waals surface area contributed by atoms with Crippen molar-refractivity contribution < 1.29 is 26.4 Å². The van der Waals surface area contributed by atoms with Crippen LogP contribution in [0.5, 0.6) is 0 Å². The van der Waals surface area contributed by atoms with Gasteiger partial charge < -0.3 is 4.90 Å². The molecule has 25 heavy (non-hydrogen) atoms. The molecule has 1 fully saturated rings. The number of sulfone groups is 1. The molecule has 0 saturated carbocycles. The van der Waals surface area contributed by atoms with Crippen molar-refractivity contribution in [2.24, 2.45) is 7.05 Å². The standard InChI is InChI=1S/C15H14F3N3O3S/c1-20-9-11(8-19-20)21-6-5-13(14(21)22)25(23,24)12-4-2-3-10(7-12)15(16,17)18/h2-4,7-9,13H,5-6H2,1H3. The van der Waals surface area contributed by atoms with Gasteiger partial charge in [-0.3, -0.25) is 9.48 Å².